The molecule has 0 aliphatic carbocycles. The van der Waals surface area contributed by atoms with Crippen LogP contribution in [0.4, 0.5) is 8.78 Å². The van der Waals surface area contributed by atoms with E-state index >= 15 is 0 Å². The van der Waals surface area contributed by atoms with Gasteiger partial charge in [-0.25, -0.2) is 21.9 Å². The Hall–Kier alpha value is -0.840. The summed E-state index contributed by atoms with van der Waals surface area (Å²) < 4.78 is 57.5. The van der Waals surface area contributed by atoms with Crippen molar-refractivity contribution in [2.75, 3.05) is 32.0 Å². The van der Waals surface area contributed by atoms with Gasteiger partial charge in [0, 0.05) is 26.1 Å². The van der Waals surface area contributed by atoms with Gasteiger partial charge in [-0.3, -0.25) is 10.1 Å². The summed E-state index contributed by atoms with van der Waals surface area (Å²) in [6.45, 7) is 0.198. The lowest BCUT2D eigenvalue weighted by molar-refractivity contribution is -0.123. The summed E-state index contributed by atoms with van der Waals surface area (Å²) in [4.78, 5) is 11.7. The first-order valence-corrected chi connectivity index (χ1v) is 9.40. The van der Waals surface area contributed by atoms with E-state index < -0.39 is 40.9 Å². The molecule has 0 saturated carbocycles. The van der Waals surface area contributed by atoms with E-state index in [1.165, 1.54) is 0 Å². The molecule has 0 bridgehead atoms. The number of nitrogens with one attached hydrogen (secondary N) is 3. The predicted molar refractivity (Wildman–Crippen MR) is 79.7 cm³/mol. The zero-order valence-electron chi connectivity index (χ0n) is 12.8. The fourth-order valence-electron chi connectivity index (χ4n) is 2.59. The number of rotatable bonds is 7. The van der Waals surface area contributed by atoms with Crippen molar-refractivity contribution in [3.8, 4) is 0 Å². The van der Waals surface area contributed by atoms with Crippen LogP contribution in [0.2, 0.25) is 0 Å². The molecule has 2 heterocycles. The van der Waals surface area contributed by atoms with Gasteiger partial charge in [-0.2, -0.15) is 0 Å². The minimum atomic E-state index is -3.54. The number of alkyl halides is 2. The monoisotopic (exact) mass is 355 g/mol. The number of hydrogen-bond donors (Lipinski definition) is 3. The topological polar surface area (TPSA) is 96.5 Å². The number of halogens is 2. The maximum atomic E-state index is 13.0. The lowest BCUT2D eigenvalue weighted by Crippen LogP contribution is -2.44. The molecule has 2 rings (SSSR count). The molecule has 134 valence electrons. The van der Waals surface area contributed by atoms with Crippen LogP contribution in [-0.4, -0.2) is 64.4 Å². The van der Waals surface area contributed by atoms with Gasteiger partial charge in [-0.1, -0.05) is 0 Å². The molecule has 0 aromatic rings. The number of sulfonamides is 1. The van der Waals surface area contributed by atoms with Crippen molar-refractivity contribution in [1.82, 2.24) is 15.4 Å². The lowest BCUT2D eigenvalue weighted by atomic mass is 10.1. The SMILES string of the molecule is O=C(NCCS(=O)(=O)NCC1CCCCO1)C1CC(F)(F)CN1. The van der Waals surface area contributed by atoms with Gasteiger partial charge in [0.25, 0.3) is 5.92 Å². The van der Waals surface area contributed by atoms with Gasteiger partial charge in [0.05, 0.1) is 24.4 Å². The Morgan fingerprint density at radius 2 is 2.13 bits per heavy atom. The molecule has 1 amide bonds. The van der Waals surface area contributed by atoms with Crippen molar-refractivity contribution in [3.05, 3.63) is 0 Å². The van der Waals surface area contributed by atoms with Gasteiger partial charge in [0.15, 0.2) is 0 Å². The highest BCUT2D eigenvalue weighted by Gasteiger charge is 2.42. The summed E-state index contributed by atoms with van der Waals surface area (Å²) >= 11 is 0. The molecule has 2 aliphatic rings. The number of ether oxygens (including phenoxy) is 1. The smallest absolute Gasteiger partial charge is 0.262 e. The molecule has 3 N–H and O–H groups in total. The fraction of sp³-hybridized carbons (Fsp3) is 0.923. The molecule has 0 aromatic carbocycles. The Labute approximate surface area is 134 Å². The van der Waals surface area contributed by atoms with Gasteiger partial charge in [0.2, 0.25) is 15.9 Å². The summed E-state index contributed by atoms with van der Waals surface area (Å²) in [6, 6.07) is -0.976. The van der Waals surface area contributed by atoms with Gasteiger partial charge in [0.1, 0.15) is 0 Å². The van der Waals surface area contributed by atoms with Crippen molar-refractivity contribution >= 4 is 15.9 Å². The highest BCUT2D eigenvalue weighted by molar-refractivity contribution is 7.89. The molecule has 2 saturated heterocycles. The van der Waals surface area contributed by atoms with E-state index in [0.29, 0.717) is 6.61 Å². The second-order valence-corrected chi connectivity index (χ2v) is 7.87. The summed E-state index contributed by atoms with van der Waals surface area (Å²) in [5.41, 5.74) is 0. The van der Waals surface area contributed by atoms with E-state index in [2.05, 4.69) is 15.4 Å². The minimum absolute atomic E-state index is 0.113. The average Bonchev–Trinajstić information content (AvgIpc) is 2.86. The largest absolute Gasteiger partial charge is 0.377 e. The van der Waals surface area contributed by atoms with Crippen LogP contribution in [0.15, 0.2) is 0 Å². The van der Waals surface area contributed by atoms with Crippen LogP contribution in [-0.2, 0) is 19.6 Å². The maximum absolute atomic E-state index is 13.0. The highest BCUT2D eigenvalue weighted by atomic mass is 32.2. The quantitative estimate of drug-likeness (QED) is 0.577. The standard InChI is InChI=1S/C13H23F2N3O4S/c14-13(15)7-11(17-9-13)12(19)16-4-6-23(20,21)18-8-10-3-1-2-5-22-10/h10-11,17-18H,1-9H2,(H,16,19). The van der Waals surface area contributed by atoms with E-state index in [9.17, 15) is 22.0 Å². The first-order valence-electron chi connectivity index (χ1n) is 7.75. The molecule has 2 fully saturated rings. The average molecular weight is 355 g/mol. The Morgan fingerprint density at radius 1 is 1.35 bits per heavy atom. The van der Waals surface area contributed by atoms with E-state index in [1.54, 1.807) is 0 Å². The fourth-order valence-corrected chi connectivity index (χ4v) is 3.55. The maximum Gasteiger partial charge on any atom is 0.262 e. The molecule has 10 heteroatoms. The van der Waals surface area contributed by atoms with Crippen LogP contribution < -0.4 is 15.4 Å². The first kappa shape index (κ1) is 18.5. The number of amides is 1. The third-order valence-electron chi connectivity index (χ3n) is 3.90. The van der Waals surface area contributed by atoms with Crippen molar-refractivity contribution in [2.45, 2.75) is 43.8 Å². The predicted octanol–water partition coefficient (Wildman–Crippen LogP) is -0.412. The summed E-state index contributed by atoms with van der Waals surface area (Å²) in [5, 5.41) is 4.79. The molecule has 2 atom stereocenters. The number of carbonyl (C=O) groups is 1. The summed E-state index contributed by atoms with van der Waals surface area (Å²) in [5.74, 6) is -3.79. The summed E-state index contributed by atoms with van der Waals surface area (Å²) in [6.07, 6.45) is 2.15. The molecule has 7 nitrogen and oxygen atoms in total. The Balaban J connectivity index is 1.65. The number of carbonyl (C=O) groups excluding carboxylic acids is 1. The van der Waals surface area contributed by atoms with Crippen LogP contribution in [0.5, 0.6) is 0 Å². The van der Waals surface area contributed by atoms with Crippen LogP contribution >= 0.6 is 0 Å². The van der Waals surface area contributed by atoms with E-state index in [0.717, 1.165) is 19.3 Å². The molecule has 0 aromatic heterocycles. The zero-order chi connectivity index (χ0) is 16.9. The molecule has 23 heavy (non-hydrogen) atoms. The van der Waals surface area contributed by atoms with Gasteiger partial charge < -0.3 is 10.1 Å². The van der Waals surface area contributed by atoms with Crippen molar-refractivity contribution in [2.24, 2.45) is 0 Å². The van der Waals surface area contributed by atoms with Crippen molar-refractivity contribution < 1.29 is 26.7 Å². The molecule has 0 spiro atoms. The first-order chi connectivity index (χ1) is 10.8. The van der Waals surface area contributed by atoms with Crippen molar-refractivity contribution in [1.29, 1.82) is 0 Å². The lowest BCUT2D eigenvalue weighted by Gasteiger charge is -2.22. The molecular formula is C13H23F2N3O4S. The summed E-state index contributed by atoms with van der Waals surface area (Å²) in [7, 11) is -3.54. The van der Waals surface area contributed by atoms with Crippen molar-refractivity contribution in [3.63, 3.8) is 0 Å². The van der Waals surface area contributed by atoms with Gasteiger partial charge in [-0.15, -0.1) is 0 Å². The Morgan fingerprint density at radius 3 is 2.74 bits per heavy atom. The second kappa shape index (κ2) is 7.82. The van der Waals surface area contributed by atoms with Gasteiger partial charge >= 0.3 is 0 Å². The molecule has 0 radical (unpaired) electrons. The van der Waals surface area contributed by atoms with E-state index in [4.69, 9.17) is 4.74 Å². The van der Waals surface area contributed by atoms with Crippen LogP contribution in [0.3, 0.4) is 0 Å². The molecular weight excluding hydrogens is 332 g/mol. The highest BCUT2D eigenvalue weighted by Crippen LogP contribution is 2.24. The Kier molecular flexibility index (Phi) is 6.29. The minimum Gasteiger partial charge on any atom is -0.377 e. The molecule has 2 unspecified atom stereocenters. The normalized spacial score (nSPS) is 27.7. The van der Waals surface area contributed by atoms with E-state index in [1.807, 2.05) is 0 Å². The second-order valence-electron chi connectivity index (χ2n) is 5.94. The Bertz CT molecular complexity index is 509. The number of hydrogen-bond acceptors (Lipinski definition) is 5. The van der Waals surface area contributed by atoms with Crippen LogP contribution in [0.1, 0.15) is 25.7 Å². The molecule has 2 aliphatic heterocycles. The third-order valence-corrected chi connectivity index (χ3v) is 5.25. The zero-order valence-corrected chi connectivity index (χ0v) is 13.6. The van der Waals surface area contributed by atoms with E-state index in [-0.39, 0.29) is 24.9 Å². The van der Waals surface area contributed by atoms with Crippen LogP contribution in [0.25, 0.3) is 0 Å². The third kappa shape index (κ3) is 6.28. The van der Waals surface area contributed by atoms with Crippen LogP contribution in [0, 0.1) is 0 Å². The van der Waals surface area contributed by atoms with Gasteiger partial charge in [-0.05, 0) is 19.3 Å².